The molecule has 0 radical (unpaired) electrons. The number of nitro benzene ring substituents is 1. The molecule has 14 heteroatoms. The molecule has 2 aliphatic heterocycles. The Morgan fingerprint density at radius 1 is 0.812 bits per heavy atom. The Balaban J connectivity index is 1.64. The third kappa shape index (κ3) is 5.15. The third-order valence-corrected chi connectivity index (χ3v) is 5.24. The van der Waals surface area contributed by atoms with Gasteiger partial charge in [0, 0.05) is 12.1 Å². The minimum atomic E-state index is -1.71. The fourth-order valence-corrected chi connectivity index (χ4v) is 3.33. The highest BCUT2D eigenvalue weighted by Gasteiger charge is 2.47. The van der Waals surface area contributed by atoms with Crippen molar-refractivity contribution in [3.8, 4) is 5.75 Å². The van der Waals surface area contributed by atoms with Crippen molar-refractivity contribution in [2.24, 2.45) is 0 Å². The lowest BCUT2D eigenvalue weighted by molar-refractivity contribution is -0.384. The van der Waals surface area contributed by atoms with Crippen LogP contribution in [0.15, 0.2) is 24.3 Å². The lowest BCUT2D eigenvalue weighted by Crippen LogP contribution is -2.62. The van der Waals surface area contributed by atoms with Gasteiger partial charge in [0.15, 0.2) is 6.29 Å². The molecule has 10 atom stereocenters. The summed E-state index contributed by atoms with van der Waals surface area (Å²) in [6.07, 6.45) is -15.4. The van der Waals surface area contributed by atoms with Gasteiger partial charge in [-0.1, -0.05) is 0 Å². The van der Waals surface area contributed by atoms with Crippen molar-refractivity contribution in [2.75, 3.05) is 13.2 Å². The Morgan fingerprint density at radius 3 is 1.91 bits per heavy atom. The Hall–Kier alpha value is -1.98. The van der Waals surface area contributed by atoms with Crippen LogP contribution in [0.25, 0.3) is 0 Å². The van der Waals surface area contributed by atoms with Crippen molar-refractivity contribution in [3.63, 3.8) is 0 Å². The molecule has 180 valence electrons. The third-order valence-electron chi connectivity index (χ3n) is 5.24. The molecule has 2 fully saturated rings. The molecule has 7 N–H and O–H groups in total. The molecule has 3 rings (SSSR count). The predicted octanol–water partition coefficient (Wildman–Crippen LogP) is -3.40. The van der Waals surface area contributed by atoms with Crippen LogP contribution in [-0.2, 0) is 14.2 Å². The van der Waals surface area contributed by atoms with E-state index in [1.807, 2.05) is 0 Å². The molecule has 0 spiro atoms. The molecular formula is C18H25NO13. The second-order valence-corrected chi connectivity index (χ2v) is 7.41. The summed E-state index contributed by atoms with van der Waals surface area (Å²) in [6, 6.07) is 4.83. The van der Waals surface area contributed by atoms with Gasteiger partial charge in [-0.15, -0.1) is 0 Å². The zero-order valence-electron chi connectivity index (χ0n) is 16.5. The Labute approximate surface area is 180 Å². The molecular weight excluding hydrogens is 438 g/mol. The molecule has 0 bridgehead atoms. The largest absolute Gasteiger partial charge is 0.462 e. The number of benzene rings is 1. The first-order valence-electron chi connectivity index (χ1n) is 9.67. The van der Waals surface area contributed by atoms with Gasteiger partial charge < -0.3 is 54.7 Å². The number of nitrogens with zero attached hydrogens (tertiary/aromatic N) is 1. The number of aliphatic hydroxyl groups excluding tert-OH is 7. The molecule has 0 aliphatic carbocycles. The van der Waals surface area contributed by atoms with Crippen LogP contribution in [0.5, 0.6) is 5.75 Å². The number of nitro groups is 1. The van der Waals surface area contributed by atoms with E-state index in [9.17, 15) is 45.9 Å². The minimum absolute atomic E-state index is 0.0804. The minimum Gasteiger partial charge on any atom is -0.462 e. The number of rotatable bonds is 7. The van der Waals surface area contributed by atoms with Gasteiger partial charge in [-0.2, -0.15) is 0 Å². The maximum atomic E-state index is 10.7. The van der Waals surface area contributed by atoms with Gasteiger partial charge in [0.2, 0.25) is 6.29 Å². The monoisotopic (exact) mass is 463 g/mol. The van der Waals surface area contributed by atoms with Gasteiger partial charge in [0.05, 0.1) is 18.1 Å². The zero-order valence-corrected chi connectivity index (χ0v) is 16.5. The number of non-ortho nitro benzene ring substituents is 1. The first kappa shape index (κ1) is 24.7. The Morgan fingerprint density at radius 2 is 1.34 bits per heavy atom. The summed E-state index contributed by atoms with van der Waals surface area (Å²) in [5.41, 5.74) is -0.191. The topological polar surface area (TPSA) is 222 Å². The first-order chi connectivity index (χ1) is 15.1. The van der Waals surface area contributed by atoms with E-state index in [-0.39, 0.29) is 11.4 Å². The molecule has 0 aromatic heterocycles. The van der Waals surface area contributed by atoms with Gasteiger partial charge in [-0.05, 0) is 12.1 Å². The van der Waals surface area contributed by atoms with Crippen molar-refractivity contribution in [3.05, 3.63) is 34.4 Å². The molecule has 0 unspecified atom stereocenters. The summed E-state index contributed by atoms with van der Waals surface area (Å²) in [4.78, 5) is 10.1. The van der Waals surface area contributed by atoms with Crippen LogP contribution in [0.4, 0.5) is 5.69 Å². The fourth-order valence-electron chi connectivity index (χ4n) is 3.33. The van der Waals surface area contributed by atoms with E-state index in [4.69, 9.17) is 18.9 Å². The van der Waals surface area contributed by atoms with E-state index in [2.05, 4.69) is 0 Å². The summed E-state index contributed by atoms with van der Waals surface area (Å²) in [6.45, 7) is -1.17. The second kappa shape index (κ2) is 10.3. The van der Waals surface area contributed by atoms with Crippen molar-refractivity contribution < 1.29 is 59.6 Å². The van der Waals surface area contributed by atoms with Crippen molar-refractivity contribution in [1.82, 2.24) is 0 Å². The maximum Gasteiger partial charge on any atom is 0.269 e. The van der Waals surface area contributed by atoms with E-state index >= 15 is 0 Å². The average molecular weight is 463 g/mol. The van der Waals surface area contributed by atoms with Crippen LogP contribution in [0, 0.1) is 10.1 Å². The zero-order chi connectivity index (χ0) is 23.6. The van der Waals surface area contributed by atoms with Crippen LogP contribution in [-0.4, -0.2) is 115 Å². The van der Waals surface area contributed by atoms with Gasteiger partial charge in [0.1, 0.15) is 54.6 Å². The van der Waals surface area contributed by atoms with E-state index in [0.29, 0.717) is 0 Å². The summed E-state index contributed by atoms with van der Waals surface area (Å²) >= 11 is 0. The molecule has 0 amide bonds. The second-order valence-electron chi connectivity index (χ2n) is 7.41. The number of hydrogen-bond acceptors (Lipinski definition) is 13. The van der Waals surface area contributed by atoms with E-state index in [1.54, 1.807) is 0 Å². The lowest BCUT2D eigenvalue weighted by Gasteiger charge is -2.42. The number of aliphatic hydroxyl groups is 7. The molecule has 2 saturated heterocycles. The molecule has 2 aliphatic rings. The summed E-state index contributed by atoms with van der Waals surface area (Å²) in [7, 11) is 0. The lowest BCUT2D eigenvalue weighted by atomic mass is 9.98. The molecule has 14 nitrogen and oxygen atoms in total. The first-order valence-corrected chi connectivity index (χ1v) is 9.67. The van der Waals surface area contributed by atoms with Crippen LogP contribution >= 0.6 is 0 Å². The molecule has 1 aromatic carbocycles. The van der Waals surface area contributed by atoms with E-state index < -0.39 is 79.5 Å². The fraction of sp³-hybridized carbons (Fsp3) is 0.667. The average Bonchev–Trinajstić information content (AvgIpc) is 2.78. The maximum absolute atomic E-state index is 10.7. The van der Waals surface area contributed by atoms with Crippen LogP contribution in [0.1, 0.15) is 0 Å². The van der Waals surface area contributed by atoms with Crippen molar-refractivity contribution >= 4 is 5.69 Å². The summed E-state index contributed by atoms with van der Waals surface area (Å²) < 4.78 is 21.4. The van der Waals surface area contributed by atoms with Crippen LogP contribution in [0.2, 0.25) is 0 Å². The highest BCUT2D eigenvalue weighted by atomic mass is 16.7. The standard InChI is InChI=1S/C18H25NO13/c20-5-9-11(21)13(23)15(25)17(31-9)29-6-10-12(22)14(24)16(26)18(32-10)30-8-3-1-7(2-4-8)19(27)28/h1-4,9-18,20-26H,5-6H2/t9-,10-,11-,12-,13+,14+,15-,16-,17+,18+/m1/s1. The summed E-state index contributed by atoms with van der Waals surface area (Å²) in [5, 5.41) is 80.1. The molecule has 0 saturated carbocycles. The number of ether oxygens (including phenoxy) is 4. The van der Waals surface area contributed by atoms with E-state index in [1.165, 1.54) is 12.1 Å². The summed E-state index contributed by atoms with van der Waals surface area (Å²) in [5.74, 6) is 0.0804. The van der Waals surface area contributed by atoms with Gasteiger partial charge in [-0.3, -0.25) is 10.1 Å². The van der Waals surface area contributed by atoms with Gasteiger partial charge in [-0.25, -0.2) is 0 Å². The Bertz CT molecular complexity index is 762. The van der Waals surface area contributed by atoms with Crippen LogP contribution in [0.3, 0.4) is 0 Å². The molecule has 32 heavy (non-hydrogen) atoms. The van der Waals surface area contributed by atoms with E-state index in [0.717, 1.165) is 12.1 Å². The Kier molecular flexibility index (Phi) is 7.94. The SMILES string of the molecule is O=[N+]([O-])c1ccc(O[C@H]2O[C@H](CO[C@H]3O[C@H](CO)[C@@H](O)[C@H](O)[C@H]3O)[C@@H](O)[C@H](O)[C@H]2O)cc1. The normalized spacial score (nSPS) is 40.1. The molecule has 2 heterocycles. The molecule has 1 aromatic rings. The van der Waals surface area contributed by atoms with Gasteiger partial charge in [0.25, 0.3) is 5.69 Å². The quantitative estimate of drug-likeness (QED) is 0.155. The highest BCUT2D eigenvalue weighted by molar-refractivity contribution is 5.36. The van der Waals surface area contributed by atoms with Crippen molar-refractivity contribution in [2.45, 2.75) is 61.4 Å². The van der Waals surface area contributed by atoms with Crippen molar-refractivity contribution in [1.29, 1.82) is 0 Å². The smallest absolute Gasteiger partial charge is 0.269 e. The highest BCUT2D eigenvalue weighted by Crippen LogP contribution is 2.27. The van der Waals surface area contributed by atoms with Crippen LogP contribution < -0.4 is 4.74 Å². The number of hydrogen-bond donors (Lipinski definition) is 7. The predicted molar refractivity (Wildman–Crippen MR) is 100 cm³/mol. The van der Waals surface area contributed by atoms with Gasteiger partial charge >= 0.3 is 0 Å².